The summed E-state index contributed by atoms with van der Waals surface area (Å²) in [6, 6.07) is 3.92. The van der Waals surface area contributed by atoms with Crippen molar-refractivity contribution in [1.29, 1.82) is 0 Å². The number of aromatic amines is 1. The van der Waals surface area contributed by atoms with Crippen molar-refractivity contribution in [3.8, 4) is 0 Å². The van der Waals surface area contributed by atoms with Crippen LogP contribution in [0, 0.1) is 0 Å². The number of morpholine rings is 1. The molecule has 0 bridgehead atoms. The number of hydrogen-bond donors (Lipinski definition) is 3. The number of nitrogens with two attached hydrogens (primary N) is 1. The van der Waals surface area contributed by atoms with Crippen LogP contribution in [-0.4, -0.2) is 54.5 Å². The third kappa shape index (κ3) is 2.64. The molecule has 1 aliphatic heterocycles. The minimum absolute atomic E-state index is 0.204. The summed E-state index contributed by atoms with van der Waals surface area (Å²) >= 11 is 0. The first-order chi connectivity index (χ1) is 9.22. The number of benzene rings is 1. The summed E-state index contributed by atoms with van der Waals surface area (Å²) in [7, 11) is 2.11. The summed E-state index contributed by atoms with van der Waals surface area (Å²) < 4.78 is 5.72. The molecule has 102 valence electrons. The van der Waals surface area contributed by atoms with Crippen LogP contribution in [0.5, 0.6) is 0 Å². The van der Waals surface area contributed by atoms with Crippen molar-refractivity contribution in [2.75, 3.05) is 44.3 Å². The molecule has 1 aromatic carbocycles. The van der Waals surface area contributed by atoms with Gasteiger partial charge in [-0.05, 0) is 19.2 Å². The van der Waals surface area contributed by atoms with Gasteiger partial charge in [-0.25, -0.2) is 0 Å². The van der Waals surface area contributed by atoms with E-state index in [1.807, 2.05) is 12.1 Å². The number of nitrogens with zero attached hydrogens (tertiary/aromatic N) is 2. The molecule has 1 aromatic heterocycles. The molecule has 0 spiro atoms. The second kappa shape index (κ2) is 5.07. The number of rotatable bonds is 3. The molecule has 3 rings (SSSR count). The second-order valence-electron chi connectivity index (χ2n) is 5.03. The largest absolute Gasteiger partial charge is 0.397 e. The van der Waals surface area contributed by atoms with Gasteiger partial charge in [-0.15, -0.1) is 0 Å². The standard InChI is InChI=1S/C13H19N5O/c1-18-2-3-19-10(8-18)7-15-13-5-12-9(4-11(13)14)6-16-17-12/h4-6,10,15H,2-3,7-8,14H2,1H3,(H,16,17). The maximum Gasteiger partial charge on any atom is 0.0874 e. The first kappa shape index (κ1) is 12.3. The first-order valence-corrected chi connectivity index (χ1v) is 6.49. The van der Waals surface area contributed by atoms with Crippen molar-refractivity contribution in [1.82, 2.24) is 15.1 Å². The molecule has 0 amide bonds. The Kier molecular flexibility index (Phi) is 3.27. The topological polar surface area (TPSA) is 79.2 Å². The smallest absolute Gasteiger partial charge is 0.0874 e. The predicted molar refractivity (Wildman–Crippen MR) is 76.2 cm³/mol. The summed E-state index contributed by atoms with van der Waals surface area (Å²) in [4.78, 5) is 2.28. The molecule has 6 nitrogen and oxygen atoms in total. The molecule has 1 saturated heterocycles. The van der Waals surface area contributed by atoms with Crippen molar-refractivity contribution in [2.24, 2.45) is 0 Å². The van der Waals surface area contributed by atoms with Crippen LogP contribution >= 0.6 is 0 Å². The fraction of sp³-hybridized carbons (Fsp3) is 0.462. The van der Waals surface area contributed by atoms with Crippen LogP contribution in [0.15, 0.2) is 18.3 Å². The van der Waals surface area contributed by atoms with E-state index < -0.39 is 0 Å². The molecule has 1 unspecified atom stereocenters. The zero-order valence-electron chi connectivity index (χ0n) is 11.0. The van der Waals surface area contributed by atoms with E-state index >= 15 is 0 Å². The van der Waals surface area contributed by atoms with Gasteiger partial charge in [-0.1, -0.05) is 0 Å². The van der Waals surface area contributed by atoms with E-state index in [9.17, 15) is 0 Å². The van der Waals surface area contributed by atoms with Gasteiger partial charge in [0.2, 0.25) is 0 Å². The van der Waals surface area contributed by atoms with Crippen LogP contribution in [0.3, 0.4) is 0 Å². The summed E-state index contributed by atoms with van der Waals surface area (Å²) in [5.41, 5.74) is 8.68. The molecular weight excluding hydrogens is 242 g/mol. The molecular formula is C13H19N5O. The number of ether oxygens (including phenoxy) is 1. The molecule has 6 heteroatoms. The summed E-state index contributed by atoms with van der Waals surface area (Å²) in [6.45, 7) is 3.49. The van der Waals surface area contributed by atoms with Gasteiger partial charge in [0, 0.05) is 25.0 Å². The Hall–Kier alpha value is -1.79. The van der Waals surface area contributed by atoms with E-state index in [1.165, 1.54) is 0 Å². The number of hydrogen-bond acceptors (Lipinski definition) is 5. The van der Waals surface area contributed by atoms with Gasteiger partial charge >= 0.3 is 0 Å². The van der Waals surface area contributed by atoms with Crippen LogP contribution in [0.1, 0.15) is 0 Å². The normalized spacial score (nSPS) is 20.8. The zero-order valence-corrected chi connectivity index (χ0v) is 11.0. The summed E-state index contributed by atoms with van der Waals surface area (Å²) in [5, 5.41) is 11.3. The fourth-order valence-corrected chi connectivity index (χ4v) is 2.38. The zero-order chi connectivity index (χ0) is 13.2. The monoisotopic (exact) mass is 261 g/mol. The molecule has 2 aromatic rings. The average Bonchev–Trinajstić information content (AvgIpc) is 2.83. The lowest BCUT2D eigenvalue weighted by Gasteiger charge is -2.30. The van der Waals surface area contributed by atoms with Crippen LogP contribution in [0.4, 0.5) is 11.4 Å². The Morgan fingerprint density at radius 2 is 2.47 bits per heavy atom. The van der Waals surface area contributed by atoms with Crippen molar-refractivity contribution >= 4 is 22.3 Å². The number of H-pyrrole nitrogens is 1. The Morgan fingerprint density at radius 3 is 3.32 bits per heavy atom. The summed E-state index contributed by atoms with van der Waals surface area (Å²) in [5.74, 6) is 0. The maximum absolute atomic E-state index is 6.03. The van der Waals surface area contributed by atoms with E-state index in [0.29, 0.717) is 0 Å². The Bertz CT molecular complexity index is 567. The minimum Gasteiger partial charge on any atom is -0.397 e. The highest BCUT2D eigenvalue weighted by Crippen LogP contribution is 2.24. The molecule has 1 atom stereocenters. The number of fused-ring (bicyclic) bond motifs is 1. The maximum atomic E-state index is 6.03. The van der Waals surface area contributed by atoms with Gasteiger partial charge in [0.15, 0.2) is 0 Å². The average molecular weight is 261 g/mol. The number of aromatic nitrogens is 2. The van der Waals surface area contributed by atoms with Crippen molar-refractivity contribution < 1.29 is 4.74 Å². The quantitative estimate of drug-likeness (QED) is 0.715. The van der Waals surface area contributed by atoms with Gasteiger partial charge in [-0.2, -0.15) is 5.10 Å². The fourth-order valence-electron chi connectivity index (χ4n) is 2.38. The van der Waals surface area contributed by atoms with Crippen LogP contribution in [-0.2, 0) is 4.74 Å². The molecule has 19 heavy (non-hydrogen) atoms. The van der Waals surface area contributed by atoms with Crippen LogP contribution in [0.25, 0.3) is 10.9 Å². The van der Waals surface area contributed by atoms with Gasteiger partial charge in [0.1, 0.15) is 0 Å². The van der Waals surface area contributed by atoms with Gasteiger partial charge < -0.3 is 20.7 Å². The third-order valence-corrected chi connectivity index (χ3v) is 3.47. The number of likely N-dealkylation sites (N-methyl/N-ethyl adjacent to an activating group) is 1. The Labute approximate surface area is 111 Å². The lowest BCUT2D eigenvalue weighted by Crippen LogP contribution is -2.43. The molecule has 1 fully saturated rings. The number of nitrogen functional groups attached to an aromatic ring is 1. The van der Waals surface area contributed by atoms with Gasteiger partial charge in [-0.3, -0.25) is 5.10 Å². The SMILES string of the molecule is CN1CCOC(CNc2cc3[nH]ncc3cc2N)C1. The highest BCUT2D eigenvalue weighted by molar-refractivity contribution is 5.88. The van der Waals surface area contributed by atoms with Crippen molar-refractivity contribution in [3.63, 3.8) is 0 Å². The van der Waals surface area contributed by atoms with Crippen LogP contribution < -0.4 is 11.1 Å². The van der Waals surface area contributed by atoms with E-state index in [-0.39, 0.29) is 6.10 Å². The Morgan fingerprint density at radius 1 is 1.58 bits per heavy atom. The van der Waals surface area contributed by atoms with Crippen molar-refractivity contribution in [3.05, 3.63) is 18.3 Å². The molecule has 4 N–H and O–H groups in total. The molecule has 2 heterocycles. The van der Waals surface area contributed by atoms with E-state index in [4.69, 9.17) is 10.5 Å². The molecule has 0 aliphatic carbocycles. The first-order valence-electron chi connectivity index (χ1n) is 6.49. The minimum atomic E-state index is 0.204. The van der Waals surface area contributed by atoms with E-state index in [2.05, 4.69) is 27.5 Å². The highest BCUT2D eigenvalue weighted by Gasteiger charge is 2.17. The molecule has 0 radical (unpaired) electrons. The van der Waals surface area contributed by atoms with Crippen molar-refractivity contribution in [2.45, 2.75) is 6.10 Å². The van der Waals surface area contributed by atoms with E-state index in [0.717, 1.165) is 48.5 Å². The lowest BCUT2D eigenvalue weighted by atomic mass is 10.2. The van der Waals surface area contributed by atoms with E-state index in [1.54, 1.807) is 6.20 Å². The lowest BCUT2D eigenvalue weighted by molar-refractivity contribution is -0.0117. The highest BCUT2D eigenvalue weighted by atomic mass is 16.5. The second-order valence-corrected chi connectivity index (χ2v) is 5.03. The molecule has 1 aliphatic rings. The predicted octanol–water partition coefficient (Wildman–Crippen LogP) is 0.888. The number of nitrogens with one attached hydrogen (secondary N) is 2. The van der Waals surface area contributed by atoms with Crippen LogP contribution in [0.2, 0.25) is 0 Å². The third-order valence-electron chi connectivity index (χ3n) is 3.47. The van der Waals surface area contributed by atoms with Gasteiger partial charge in [0.05, 0.1) is 35.8 Å². The Balaban J connectivity index is 1.68. The number of anilines is 2. The molecule has 0 saturated carbocycles. The van der Waals surface area contributed by atoms with Gasteiger partial charge in [0.25, 0.3) is 0 Å². The summed E-state index contributed by atoms with van der Waals surface area (Å²) in [6.07, 6.45) is 1.98.